The van der Waals surface area contributed by atoms with Crippen LogP contribution in [0.1, 0.15) is 29.7 Å². The number of benzene rings is 2. The molecule has 0 saturated heterocycles. The zero-order chi connectivity index (χ0) is 20.8. The molecule has 0 radical (unpaired) electrons. The Morgan fingerprint density at radius 2 is 1.75 bits per heavy atom. The maximum Gasteiger partial charge on any atom is 0.277 e. The minimum absolute atomic E-state index is 0.0694. The van der Waals surface area contributed by atoms with E-state index in [1.165, 1.54) is 11.0 Å². The Labute approximate surface area is 163 Å². The topological polar surface area (TPSA) is 66.0 Å². The van der Waals surface area contributed by atoms with Gasteiger partial charge in [-0.05, 0) is 50.1 Å². The average Bonchev–Trinajstić information content (AvgIpc) is 2.64. The van der Waals surface area contributed by atoms with Gasteiger partial charge in [-0.25, -0.2) is 8.78 Å². The van der Waals surface area contributed by atoms with E-state index in [-0.39, 0.29) is 30.9 Å². The van der Waals surface area contributed by atoms with E-state index in [0.29, 0.717) is 5.56 Å². The van der Waals surface area contributed by atoms with Crippen molar-refractivity contribution in [3.05, 3.63) is 64.7 Å². The zero-order valence-electron chi connectivity index (χ0n) is 16.6. The Kier molecular flexibility index (Phi) is 7.23. The van der Waals surface area contributed by atoms with Gasteiger partial charge in [0, 0.05) is 18.3 Å². The number of carbonyl (C=O) groups is 2. The van der Waals surface area contributed by atoms with Gasteiger partial charge in [0.05, 0.1) is 6.54 Å². The van der Waals surface area contributed by atoms with Crippen LogP contribution < -0.4 is 10.6 Å². The van der Waals surface area contributed by atoms with E-state index in [9.17, 15) is 18.4 Å². The fourth-order valence-corrected chi connectivity index (χ4v) is 2.86. The number of carbonyl (C=O) groups excluding carboxylic acids is 2. The highest BCUT2D eigenvalue weighted by molar-refractivity contribution is 5.95. The number of rotatable bonds is 7. The molecule has 0 bridgehead atoms. The van der Waals surface area contributed by atoms with Crippen LogP contribution in [-0.4, -0.2) is 36.9 Å². The van der Waals surface area contributed by atoms with Crippen LogP contribution in [0.15, 0.2) is 36.4 Å². The number of quaternary nitrogens is 1. The predicted octanol–water partition coefficient (Wildman–Crippen LogP) is 2.30. The van der Waals surface area contributed by atoms with Gasteiger partial charge >= 0.3 is 0 Å². The first kappa shape index (κ1) is 21.5. The van der Waals surface area contributed by atoms with E-state index >= 15 is 0 Å². The fourth-order valence-electron chi connectivity index (χ4n) is 2.86. The third-order valence-electron chi connectivity index (χ3n) is 4.67. The molecular formula is C21H26F2N3O2+. The maximum absolute atomic E-state index is 13.3. The first-order valence-electron chi connectivity index (χ1n) is 9.07. The Morgan fingerprint density at radius 1 is 1.11 bits per heavy atom. The molecule has 0 fully saturated rings. The molecule has 0 spiro atoms. The van der Waals surface area contributed by atoms with E-state index in [1.807, 2.05) is 32.0 Å². The second-order valence-corrected chi connectivity index (χ2v) is 6.97. The van der Waals surface area contributed by atoms with Crippen molar-refractivity contribution in [2.24, 2.45) is 0 Å². The van der Waals surface area contributed by atoms with Crippen LogP contribution in [0.5, 0.6) is 0 Å². The lowest BCUT2D eigenvalue weighted by Gasteiger charge is -2.18. The number of amides is 2. The largest absolute Gasteiger partial charge is 0.333 e. The summed E-state index contributed by atoms with van der Waals surface area (Å²) in [6, 6.07) is 9.20. The fraction of sp³-hybridized carbons (Fsp3) is 0.333. The van der Waals surface area contributed by atoms with Gasteiger partial charge in [0.15, 0.2) is 18.2 Å². The van der Waals surface area contributed by atoms with Crippen molar-refractivity contribution < 1.29 is 23.7 Å². The van der Waals surface area contributed by atoms with Gasteiger partial charge < -0.3 is 15.5 Å². The van der Waals surface area contributed by atoms with Crippen molar-refractivity contribution in [2.45, 2.75) is 26.8 Å². The van der Waals surface area contributed by atoms with Crippen molar-refractivity contribution in [3.63, 3.8) is 0 Å². The molecule has 1 atom stereocenters. The number of hydrogen-bond donors (Lipinski definition) is 2. The summed E-state index contributed by atoms with van der Waals surface area (Å²) >= 11 is 0. The van der Waals surface area contributed by atoms with E-state index in [1.54, 1.807) is 19.3 Å². The third-order valence-corrected chi connectivity index (χ3v) is 4.67. The Balaban J connectivity index is 1.86. The normalized spacial score (nSPS) is 11.8. The van der Waals surface area contributed by atoms with Crippen LogP contribution in [-0.2, 0) is 9.59 Å². The molecule has 3 N–H and O–H groups in total. The Morgan fingerprint density at radius 3 is 2.36 bits per heavy atom. The molecule has 5 nitrogen and oxygen atoms in total. The van der Waals surface area contributed by atoms with Crippen LogP contribution in [0.2, 0.25) is 0 Å². The summed E-state index contributed by atoms with van der Waals surface area (Å²) in [6.45, 7) is 5.64. The summed E-state index contributed by atoms with van der Waals surface area (Å²) in [7, 11) is 1.56. The molecule has 2 aromatic rings. The second-order valence-electron chi connectivity index (χ2n) is 6.97. The zero-order valence-corrected chi connectivity index (χ0v) is 16.6. The van der Waals surface area contributed by atoms with Crippen molar-refractivity contribution in [2.75, 3.05) is 25.5 Å². The summed E-state index contributed by atoms with van der Waals surface area (Å²) in [5, 5.41) is 4.56. The SMILES string of the molecule is Cc1cccc(C)c1NC(=O)CN(C)C(=O)C[NH2+][C@H](C)c1ccc(F)c(F)c1. The first-order valence-corrected chi connectivity index (χ1v) is 9.07. The molecule has 0 heterocycles. The van der Waals surface area contributed by atoms with Gasteiger partial charge in [-0.15, -0.1) is 0 Å². The summed E-state index contributed by atoms with van der Waals surface area (Å²) in [5.74, 6) is -2.32. The van der Waals surface area contributed by atoms with Gasteiger partial charge in [-0.2, -0.15) is 0 Å². The summed E-state index contributed by atoms with van der Waals surface area (Å²) in [6.07, 6.45) is 0. The molecule has 0 saturated carbocycles. The molecule has 0 aromatic heterocycles. The van der Waals surface area contributed by atoms with Gasteiger partial charge in [-0.1, -0.05) is 18.2 Å². The van der Waals surface area contributed by atoms with Crippen molar-refractivity contribution in [3.8, 4) is 0 Å². The summed E-state index contributed by atoms with van der Waals surface area (Å²) in [5.41, 5.74) is 3.25. The number of nitrogens with one attached hydrogen (secondary N) is 1. The highest BCUT2D eigenvalue weighted by Crippen LogP contribution is 2.19. The second kappa shape index (κ2) is 9.41. The number of nitrogens with zero attached hydrogens (tertiary/aromatic N) is 1. The first-order chi connectivity index (χ1) is 13.2. The van der Waals surface area contributed by atoms with E-state index in [0.717, 1.165) is 28.9 Å². The molecule has 0 aliphatic carbocycles. The van der Waals surface area contributed by atoms with Crippen molar-refractivity contribution in [1.82, 2.24) is 4.90 Å². The quantitative estimate of drug-likeness (QED) is 0.762. The molecule has 2 amide bonds. The van der Waals surface area contributed by atoms with Crippen LogP contribution in [0.4, 0.5) is 14.5 Å². The average molecular weight is 390 g/mol. The monoisotopic (exact) mass is 390 g/mol. The molecule has 7 heteroatoms. The molecule has 28 heavy (non-hydrogen) atoms. The summed E-state index contributed by atoms with van der Waals surface area (Å²) in [4.78, 5) is 25.9. The molecule has 2 rings (SSSR count). The van der Waals surface area contributed by atoms with Gasteiger partial charge in [0.1, 0.15) is 6.04 Å². The summed E-state index contributed by atoms with van der Waals surface area (Å²) < 4.78 is 26.4. The number of aryl methyl sites for hydroxylation is 2. The van der Waals surface area contributed by atoms with Crippen LogP contribution >= 0.6 is 0 Å². The minimum Gasteiger partial charge on any atom is -0.333 e. The van der Waals surface area contributed by atoms with Crippen LogP contribution in [0.3, 0.4) is 0 Å². The number of likely N-dealkylation sites (N-methyl/N-ethyl adjacent to an activating group) is 1. The van der Waals surface area contributed by atoms with Crippen LogP contribution in [0, 0.1) is 25.5 Å². The van der Waals surface area contributed by atoms with Gasteiger partial charge in [-0.3, -0.25) is 9.59 Å². The number of anilines is 1. The Bertz CT molecular complexity index is 850. The van der Waals surface area contributed by atoms with E-state index < -0.39 is 11.6 Å². The molecular weight excluding hydrogens is 364 g/mol. The predicted molar refractivity (Wildman–Crippen MR) is 104 cm³/mol. The lowest BCUT2D eigenvalue weighted by atomic mass is 10.1. The molecule has 2 aromatic carbocycles. The number of hydrogen-bond acceptors (Lipinski definition) is 2. The third kappa shape index (κ3) is 5.60. The smallest absolute Gasteiger partial charge is 0.277 e. The molecule has 0 aliphatic rings. The number of nitrogens with two attached hydrogens (primary N) is 1. The van der Waals surface area contributed by atoms with Gasteiger partial charge in [0.2, 0.25) is 5.91 Å². The number of halogens is 2. The lowest BCUT2D eigenvalue weighted by Crippen LogP contribution is -2.87. The number of para-hydroxylation sites is 1. The highest BCUT2D eigenvalue weighted by Gasteiger charge is 2.18. The minimum atomic E-state index is -0.913. The highest BCUT2D eigenvalue weighted by atomic mass is 19.2. The van der Waals surface area contributed by atoms with E-state index in [2.05, 4.69) is 5.32 Å². The van der Waals surface area contributed by atoms with Crippen molar-refractivity contribution in [1.29, 1.82) is 0 Å². The van der Waals surface area contributed by atoms with E-state index in [4.69, 9.17) is 0 Å². The van der Waals surface area contributed by atoms with Crippen molar-refractivity contribution >= 4 is 17.5 Å². The molecule has 0 aliphatic heterocycles. The molecule has 150 valence electrons. The standard InChI is InChI=1S/C21H25F2N3O2/c1-13-6-5-7-14(2)21(13)25-19(27)12-26(4)20(28)11-24-15(3)16-8-9-17(22)18(23)10-16/h5-10,15,24H,11-12H2,1-4H3,(H,25,27)/p+1/t15-/m1/s1. The lowest BCUT2D eigenvalue weighted by molar-refractivity contribution is -0.683. The molecule has 0 unspecified atom stereocenters. The van der Waals surface area contributed by atoms with Gasteiger partial charge in [0.25, 0.3) is 5.91 Å². The maximum atomic E-state index is 13.3. The Hall–Kier alpha value is -2.80. The van der Waals surface area contributed by atoms with Crippen LogP contribution in [0.25, 0.3) is 0 Å².